The molecule has 1 aliphatic rings. The molecule has 0 saturated heterocycles. The van der Waals surface area contributed by atoms with Gasteiger partial charge in [-0.1, -0.05) is 6.07 Å². The average Bonchev–Trinajstić information content (AvgIpc) is 3.00. The fourth-order valence-corrected chi connectivity index (χ4v) is 4.31. The molecule has 1 aromatic carbocycles. The van der Waals surface area contributed by atoms with Crippen LogP contribution in [0.2, 0.25) is 0 Å². The molecule has 138 valence electrons. The second-order valence-electron chi connectivity index (χ2n) is 5.78. The number of sulfonamides is 1. The van der Waals surface area contributed by atoms with Gasteiger partial charge in [0.1, 0.15) is 16.8 Å². The van der Waals surface area contributed by atoms with Gasteiger partial charge in [-0.2, -0.15) is 13.7 Å². The zero-order chi connectivity index (χ0) is 19.7. The van der Waals surface area contributed by atoms with E-state index in [-0.39, 0.29) is 23.5 Å². The van der Waals surface area contributed by atoms with Crippen molar-refractivity contribution in [3.63, 3.8) is 0 Å². The first-order valence-corrected chi connectivity index (χ1v) is 9.31. The summed E-state index contributed by atoms with van der Waals surface area (Å²) in [7, 11) is -3.08. The summed E-state index contributed by atoms with van der Waals surface area (Å²) in [4.78, 5) is 3.36. The number of pyridine rings is 1. The Kier molecular flexibility index (Phi) is 4.89. The number of likely N-dealkylation sites (N-methyl/N-ethyl adjacent to an activating group) is 1. The highest BCUT2D eigenvalue weighted by atomic mass is 32.2. The Hall–Kier alpha value is -2.93. The maximum atomic E-state index is 16.1. The minimum atomic E-state index is -4.71. The monoisotopic (exact) mass is 389 g/mol. The number of quaternary nitrogens is 1. The lowest BCUT2D eigenvalue weighted by Crippen LogP contribution is -2.37. The van der Waals surface area contributed by atoms with E-state index in [4.69, 9.17) is 0 Å². The lowest BCUT2D eigenvalue weighted by Gasteiger charge is -2.21. The van der Waals surface area contributed by atoms with Gasteiger partial charge in [-0.3, -0.25) is 0 Å². The predicted molar refractivity (Wildman–Crippen MR) is 93.9 cm³/mol. The summed E-state index contributed by atoms with van der Waals surface area (Å²) >= 11 is 0. The van der Waals surface area contributed by atoms with E-state index in [9.17, 15) is 18.1 Å². The van der Waals surface area contributed by atoms with Gasteiger partial charge in [0.2, 0.25) is 5.70 Å². The number of hydrogen-bond donors (Lipinski definition) is 1. The van der Waals surface area contributed by atoms with Crippen molar-refractivity contribution in [2.75, 3.05) is 13.6 Å². The van der Waals surface area contributed by atoms with Crippen molar-refractivity contribution in [1.82, 2.24) is 10.3 Å². The number of nitrogens with zero attached hydrogens (tertiary/aromatic N) is 3. The Bertz CT molecular complexity index is 1110. The SMILES string of the molecule is CNCC1=C[N+](F)(S(=O)(=O)c2cccc(F)c2)C(c2cccnc2C#N)=C1. The predicted octanol–water partition coefficient (Wildman–Crippen LogP) is 2.64. The number of nitriles is 1. The van der Waals surface area contributed by atoms with Crippen LogP contribution >= 0.6 is 0 Å². The highest BCUT2D eigenvalue weighted by molar-refractivity contribution is 7.86. The second-order valence-corrected chi connectivity index (χ2v) is 7.74. The normalized spacial score (nSPS) is 19.3. The molecule has 27 heavy (non-hydrogen) atoms. The number of rotatable bonds is 5. The van der Waals surface area contributed by atoms with Crippen molar-refractivity contribution < 1.29 is 21.4 Å². The van der Waals surface area contributed by atoms with Crippen LogP contribution in [0.5, 0.6) is 0 Å². The summed E-state index contributed by atoms with van der Waals surface area (Å²) < 4.78 is 53.6. The van der Waals surface area contributed by atoms with Crippen molar-refractivity contribution in [3.05, 3.63) is 77.5 Å². The van der Waals surface area contributed by atoms with Crippen LogP contribution < -0.4 is 5.32 Å². The summed E-state index contributed by atoms with van der Waals surface area (Å²) in [6, 6.07) is 8.87. The van der Waals surface area contributed by atoms with E-state index < -0.39 is 24.8 Å². The zero-order valence-corrected chi connectivity index (χ0v) is 15.0. The molecular weight excluding hydrogens is 374 g/mol. The molecule has 0 amide bonds. The smallest absolute Gasteiger partial charge is 0.315 e. The van der Waals surface area contributed by atoms with E-state index in [0.717, 1.165) is 24.4 Å². The number of hydrogen-bond acceptors (Lipinski definition) is 5. The maximum Gasteiger partial charge on any atom is 0.372 e. The first-order chi connectivity index (χ1) is 12.8. The Morgan fingerprint density at radius 1 is 1.30 bits per heavy atom. The van der Waals surface area contributed by atoms with Crippen molar-refractivity contribution in [3.8, 4) is 6.07 Å². The molecule has 0 radical (unpaired) electrons. The number of benzene rings is 1. The molecule has 1 aromatic heterocycles. The van der Waals surface area contributed by atoms with E-state index in [1.165, 1.54) is 30.5 Å². The van der Waals surface area contributed by atoms with Gasteiger partial charge in [0.15, 0.2) is 11.9 Å². The third-order valence-corrected chi connectivity index (χ3v) is 5.85. The Morgan fingerprint density at radius 2 is 2.07 bits per heavy atom. The van der Waals surface area contributed by atoms with Gasteiger partial charge >= 0.3 is 10.0 Å². The Morgan fingerprint density at radius 3 is 2.74 bits per heavy atom. The molecule has 2 aromatic rings. The standard InChI is InChI=1S/C18H15F2N4O2S/c1-22-11-13-8-18(16-6-3-7-23-17(16)10-21)24(20,12-13)27(25,26)15-5-2-4-14(19)9-15/h2-9,12,22H,11H2,1H3/q+1. The minimum Gasteiger partial charge on any atom is -0.315 e. The molecule has 0 fully saturated rings. The number of aromatic nitrogens is 1. The summed E-state index contributed by atoms with van der Waals surface area (Å²) in [5.74, 6) is -0.800. The molecule has 3 rings (SSSR count). The molecule has 2 heterocycles. The van der Waals surface area contributed by atoms with Gasteiger partial charge in [0, 0.05) is 33.0 Å². The number of nitrogens with one attached hydrogen (secondary N) is 1. The van der Waals surface area contributed by atoms with Gasteiger partial charge in [0.25, 0.3) is 0 Å². The van der Waals surface area contributed by atoms with Crippen molar-refractivity contribution in [2.45, 2.75) is 4.90 Å². The highest BCUT2D eigenvalue weighted by Gasteiger charge is 2.53. The minimum absolute atomic E-state index is 0.0461. The fraction of sp³-hybridized carbons (Fsp3) is 0.111. The summed E-state index contributed by atoms with van der Waals surface area (Å²) in [5, 5.41) is 12.1. The molecule has 9 heteroatoms. The lowest BCUT2D eigenvalue weighted by atomic mass is 10.1. The summed E-state index contributed by atoms with van der Waals surface area (Å²) in [6.07, 6.45) is 3.62. The first-order valence-electron chi connectivity index (χ1n) is 7.87. The van der Waals surface area contributed by atoms with Gasteiger partial charge in [-0.15, -0.1) is 0 Å². The van der Waals surface area contributed by atoms with Gasteiger partial charge < -0.3 is 5.32 Å². The second kappa shape index (κ2) is 7.00. The Labute approximate surface area is 155 Å². The third-order valence-electron chi connectivity index (χ3n) is 4.00. The largest absolute Gasteiger partial charge is 0.372 e. The van der Waals surface area contributed by atoms with Gasteiger partial charge in [-0.05, 0) is 37.4 Å². The molecule has 1 aliphatic heterocycles. The third kappa shape index (κ3) is 3.14. The van der Waals surface area contributed by atoms with Crippen LogP contribution in [0.1, 0.15) is 11.3 Å². The van der Waals surface area contributed by atoms with Gasteiger partial charge in [0.05, 0.1) is 5.56 Å². The van der Waals surface area contributed by atoms with E-state index in [1.54, 1.807) is 7.05 Å². The Balaban J connectivity index is 2.24. The lowest BCUT2D eigenvalue weighted by molar-refractivity contribution is -0.835. The fourth-order valence-electron chi connectivity index (χ4n) is 2.81. The highest BCUT2D eigenvalue weighted by Crippen LogP contribution is 2.43. The van der Waals surface area contributed by atoms with E-state index >= 15 is 4.48 Å². The topological polar surface area (TPSA) is 82.8 Å². The van der Waals surface area contributed by atoms with Crippen molar-refractivity contribution >= 4 is 15.7 Å². The van der Waals surface area contributed by atoms with Crippen molar-refractivity contribution in [2.24, 2.45) is 0 Å². The van der Waals surface area contributed by atoms with Crippen molar-refractivity contribution in [1.29, 1.82) is 5.26 Å². The van der Waals surface area contributed by atoms with Crippen LogP contribution in [0.25, 0.3) is 5.70 Å². The molecule has 1 N–H and O–H groups in total. The van der Waals surface area contributed by atoms with E-state index in [1.807, 2.05) is 6.07 Å². The average molecular weight is 389 g/mol. The van der Waals surface area contributed by atoms with Gasteiger partial charge in [-0.25, -0.2) is 9.37 Å². The molecule has 0 bridgehead atoms. The molecule has 1 atom stereocenters. The quantitative estimate of drug-likeness (QED) is 0.795. The molecule has 0 aliphatic carbocycles. The molecular formula is C18H15F2N4O2S+. The molecule has 1 unspecified atom stereocenters. The summed E-state index contributed by atoms with van der Waals surface area (Å²) in [5.41, 5.74) is 0.0131. The molecule has 0 spiro atoms. The van der Waals surface area contributed by atoms with Crippen LogP contribution in [-0.4, -0.2) is 31.1 Å². The van der Waals surface area contributed by atoms with Crippen LogP contribution in [0.4, 0.5) is 8.87 Å². The maximum absolute atomic E-state index is 16.1. The van der Waals surface area contributed by atoms with Crippen LogP contribution in [0.3, 0.4) is 0 Å². The zero-order valence-electron chi connectivity index (χ0n) is 14.2. The molecule has 6 nitrogen and oxygen atoms in total. The first kappa shape index (κ1) is 18.8. The molecule has 0 saturated carbocycles. The number of halogens is 2. The summed E-state index contributed by atoms with van der Waals surface area (Å²) in [6.45, 7) is 0.203. The van der Waals surface area contributed by atoms with Crippen LogP contribution in [0, 0.1) is 17.1 Å². The van der Waals surface area contributed by atoms with Crippen LogP contribution in [0.15, 0.2) is 65.3 Å². The van der Waals surface area contributed by atoms with E-state index in [2.05, 4.69) is 10.3 Å². The van der Waals surface area contributed by atoms with E-state index in [0.29, 0.717) is 5.57 Å². The van der Waals surface area contributed by atoms with Crippen LogP contribution in [-0.2, 0) is 10.0 Å².